The van der Waals surface area contributed by atoms with E-state index in [-0.39, 0.29) is 0 Å². The Morgan fingerprint density at radius 3 is 2.50 bits per heavy atom. The van der Waals surface area contributed by atoms with Crippen LogP contribution in [0.25, 0.3) is 11.5 Å². The summed E-state index contributed by atoms with van der Waals surface area (Å²) >= 11 is 0. The number of anilines is 1. The van der Waals surface area contributed by atoms with Gasteiger partial charge in [0.25, 0.3) is 0 Å². The van der Waals surface area contributed by atoms with Crippen molar-refractivity contribution in [3.8, 4) is 11.5 Å². The molecule has 2 aromatic heterocycles. The van der Waals surface area contributed by atoms with E-state index in [1.165, 1.54) is 49.9 Å². The largest absolute Gasteiger partial charge is 0.354 e. The van der Waals surface area contributed by atoms with Gasteiger partial charge in [-0.25, -0.2) is 9.97 Å². The van der Waals surface area contributed by atoms with Gasteiger partial charge in [0, 0.05) is 77.1 Å². The van der Waals surface area contributed by atoms with Crippen LogP contribution in [0.2, 0.25) is 0 Å². The number of piperazine rings is 1. The minimum Gasteiger partial charge on any atom is -0.354 e. The van der Waals surface area contributed by atoms with Gasteiger partial charge in [-0.2, -0.15) is 0 Å². The van der Waals surface area contributed by atoms with Crippen LogP contribution in [-0.2, 0) is 13.0 Å². The molecule has 2 fully saturated rings. The second-order valence-electron chi connectivity index (χ2n) is 10.6. The molecule has 0 aromatic carbocycles. The average Bonchev–Trinajstić information content (AvgIpc) is 2.88. The minimum atomic E-state index is 0.783. The molecule has 2 aliphatic heterocycles. The first-order chi connectivity index (χ1) is 16.7. The van der Waals surface area contributed by atoms with E-state index in [1.54, 1.807) is 0 Å². The van der Waals surface area contributed by atoms with E-state index in [0.29, 0.717) is 0 Å². The molecule has 7 heteroatoms. The number of hydrogen-bond acceptors (Lipinski definition) is 7. The lowest BCUT2D eigenvalue weighted by molar-refractivity contribution is 0.185. The van der Waals surface area contributed by atoms with Crippen molar-refractivity contribution in [2.75, 3.05) is 71.4 Å². The molecule has 184 valence electrons. The molecule has 3 aliphatic rings. The zero-order chi connectivity index (χ0) is 23.3. The molecule has 34 heavy (non-hydrogen) atoms. The van der Waals surface area contributed by atoms with Crippen LogP contribution in [0.15, 0.2) is 24.4 Å². The Balaban J connectivity index is 1.36. The van der Waals surface area contributed by atoms with Crippen LogP contribution in [0, 0.1) is 5.92 Å². The molecule has 0 bridgehead atoms. The van der Waals surface area contributed by atoms with Gasteiger partial charge in [0.2, 0.25) is 0 Å². The van der Waals surface area contributed by atoms with Crippen molar-refractivity contribution < 1.29 is 0 Å². The summed E-state index contributed by atoms with van der Waals surface area (Å²) in [6, 6.07) is 6.02. The van der Waals surface area contributed by atoms with Crippen LogP contribution in [0.3, 0.4) is 0 Å². The van der Waals surface area contributed by atoms with Gasteiger partial charge in [0.1, 0.15) is 11.5 Å². The smallest absolute Gasteiger partial charge is 0.180 e. The third-order valence-electron chi connectivity index (χ3n) is 7.79. The fraction of sp³-hybridized carbons (Fsp3) is 0.667. The number of rotatable bonds is 7. The standard InChI is InChI=1S/C27H41N7/c1-31(2)14-15-32-16-18-34(19-17-32)27-23-21-33(20-22-8-4-3-5-9-22)13-11-24(23)29-26(30-27)25-10-6-7-12-28-25/h6-7,10,12,22H,3-5,8-9,11,13-21H2,1-2H3. The van der Waals surface area contributed by atoms with Gasteiger partial charge in [-0.05, 0) is 45.0 Å². The number of aromatic nitrogens is 3. The lowest BCUT2D eigenvalue weighted by atomic mass is 9.88. The molecule has 2 aromatic rings. The Kier molecular flexibility index (Phi) is 7.72. The summed E-state index contributed by atoms with van der Waals surface area (Å²) in [5, 5.41) is 0. The second kappa shape index (κ2) is 11.1. The van der Waals surface area contributed by atoms with Gasteiger partial charge in [0.05, 0.1) is 5.69 Å². The Labute approximate surface area is 205 Å². The quantitative estimate of drug-likeness (QED) is 0.625. The summed E-state index contributed by atoms with van der Waals surface area (Å²) in [6.07, 6.45) is 9.91. The number of fused-ring (bicyclic) bond motifs is 1. The molecule has 0 amide bonds. The lowest BCUT2D eigenvalue weighted by Crippen LogP contribution is -2.49. The van der Waals surface area contributed by atoms with E-state index in [0.717, 1.165) is 82.0 Å². The van der Waals surface area contributed by atoms with Gasteiger partial charge < -0.3 is 9.80 Å². The molecule has 0 N–H and O–H groups in total. The predicted molar refractivity (Wildman–Crippen MR) is 138 cm³/mol. The van der Waals surface area contributed by atoms with Crippen LogP contribution in [0.5, 0.6) is 0 Å². The topological polar surface area (TPSA) is 51.6 Å². The van der Waals surface area contributed by atoms with E-state index in [4.69, 9.17) is 9.97 Å². The maximum absolute atomic E-state index is 5.16. The third kappa shape index (κ3) is 5.75. The fourth-order valence-electron chi connectivity index (χ4n) is 5.74. The molecule has 4 heterocycles. The van der Waals surface area contributed by atoms with Gasteiger partial charge in [0.15, 0.2) is 5.82 Å². The number of pyridine rings is 1. The normalized spacial score (nSPS) is 20.6. The molecule has 1 aliphatic carbocycles. The summed E-state index contributed by atoms with van der Waals surface area (Å²) in [5.41, 5.74) is 3.48. The van der Waals surface area contributed by atoms with E-state index < -0.39 is 0 Å². The van der Waals surface area contributed by atoms with Crippen LogP contribution in [0.1, 0.15) is 43.4 Å². The molecule has 7 nitrogen and oxygen atoms in total. The van der Waals surface area contributed by atoms with E-state index in [9.17, 15) is 0 Å². The van der Waals surface area contributed by atoms with Gasteiger partial charge in [-0.1, -0.05) is 25.3 Å². The van der Waals surface area contributed by atoms with Gasteiger partial charge in [-0.15, -0.1) is 0 Å². The SMILES string of the molecule is CN(C)CCN1CCN(c2nc(-c3ccccn3)nc3c2CN(CC2CCCCC2)CC3)CC1. The first-order valence-corrected chi connectivity index (χ1v) is 13.3. The maximum atomic E-state index is 5.16. The van der Waals surface area contributed by atoms with Crippen molar-refractivity contribution in [3.63, 3.8) is 0 Å². The zero-order valence-electron chi connectivity index (χ0n) is 21.1. The molecule has 5 rings (SSSR count). The Bertz CT molecular complexity index is 918. The molecule has 0 atom stereocenters. The van der Waals surface area contributed by atoms with Crippen LogP contribution in [0.4, 0.5) is 5.82 Å². The highest BCUT2D eigenvalue weighted by Crippen LogP contribution is 2.32. The van der Waals surface area contributed by atoms with Crippen molar-refractivity contribution in [1.82, 2.24) is 29.7 Å². The molecular weight excluding hydrogens is 422 g/mol. The van der Waals surface area contributed by atoms with Crippen LogP contribution >= 0.6 is 0 Å². The summed E-state index contributed by atoms with van der Waals surface area (Å²) in [6.45, 7) is 9.83. The monoisotopic (exact) mass is 463 g/mol. The Hall–Kier alpha value is -2.09. The molecule has 0 radical (unpaired) electrons. The van der Waals surface area contributed by atoms with Crippen molar-refractivity contribution in [2.24, 2.45) is 5.92 Å². The van der Waals surface area contributed by atoms with E-state index >= 15 is 0 Å². The molecule has 0 spiro atoms. The summed E-state index contributed by atoms with van der Waals surface area (Å²) < 4.78 is 0. The third-order valence-corrected chi connectivity index (χ3v) is 7.79. The van der Waals surface area contributed by atoms with E-state index in [2.05, 4.69) is 38.7 Å². The fourth-order valence-corrected chi connectivity index (χ4v) is 5.74. The Morgan fingerprint density at radius 1 is 0.941 bits per heavy atom. The Morgan fingerprint density at radius 2 is 1.76 bits per heavy atom. The lowest BCUT2D eigenvalue weighted by Gasteiger charge is -2.39. The highest BCUT2D eigenvalue weighted by molar-refractivity contribution is 5.58. The molecular formula is C27H41N7. The molecule has 1 saturated carbocycles. The first-order valence-electron chi connectivity index (χ1n) is 13.3. The predicted octanol–water partition coefficient (Wildman–Crippen LogP) is 3.16. The number of hydrogen-bond donors (Lipinski definition) is 0. The second-order valence-corrected chi connectivity index (χ2v) is 10.6. The van der Waals surface area contributed by atoms with Crippen LogP contribution < -0.4 is 4.90 Å². The first kappa shape index (κ1) is 23.6. The van der Waals surface area contributed by atoms with Crippen molar-refractivity contribution in [2.45, 2.75) is 45.1 Å². The number of likely N-dealkylation sites (N-methyl/N-ethyl adjacent to an activating group) is 1. The summed E-state index contributed by atoms with van der Waals surface area (Å²) in [4.78, 5) is 24.8. The van der Waals surface area contributed by atoms with Gasteiger partial charge in [-0.3, -0.25) is 14.8 Å². The number of nitrogens with zero attached hydrogens (tertiary/aromatic N) is 7. The van der Waals surface area contributed by atoms with Crippen LogP contribution in [-0.4, -0.2) is 96.1 Å². The molecule has 1 saturated heterocycles. The zero-order valence-corrected chi connectivity index (χ0v) is 21.1. The van der Waals surface area contributed by atoms with Crippen molar-refractivity contribution in [1.29, 1.82) is 0 Å². The van der Waals surface area contributed by atoms with Crippen molar-refractivity contribution >= 4 is 5.82 Å². The highest BCUT2D eigenvalue weighted by Gasteiger charge is 2.29. The maximum Gasteiger partial charge on any atom is 0.180 e. The summed E-state index contributed by atoms with van der Waals surface area (Å²) in [5.74, 6) is 2.81. The van der Waals surface area contributed by atoms with Gasteiger partial charge >= 0.3 is 0 Å². The highest BCUT2D eigenvalue weighted by atomic mass is 15.3. The average molecular weight is 464 g/mol. The summed E-state index contributed by atoms with van der Waals surface area (Å²) in [7, 11) is 4.31. The molecule has 0 unspecified atom stereocenters. The minimum absolute atomic E-state index is 0.783. The van der Waals surface area contributed by atoms with Crippen molar-refractivity contribution in [3.05, 3.63) is 35.7 Å². The van der Waals surface area contributed by atoms with E-state index in [1.807, 2.05) is 24.4 Å².